The van der Waals surface area contributed by atoms with Gasteiger partial charge in [-0.1, -0.05) is 23.4 Å². The largest absolute Gasteiger partial charge is 0.361 e. The van der Waals surface area contributed by atoms with Crippen LogP contribution in [0.5, 0.6) is 0 Å². The van der Waals surface area contributed by atoms with Crippen molar-refractivity contribution in [3.8, 4) is 0 Å². The van der Waals surface area contributed by atoms with Gasteiger partial charge in [-0.05, 0) is 49.8 Å². The molecule has 1 unspecified atom stereocenters. The summed E-state index contributed by atoms with van der Waals surface area (Å²) in [6.45, 7) is 4.86. The molecule has 0 saturated carbocycles. The third-order valence-corrected chi connectivity index (χ3v) is 3.89. The molecule has 0 fully saturated rings. The molecule has 1 heterocycles. The molecule has 2 aromatic rings. The van der Waals surface area contributed by atoms with Crippen LogP contribution in [0, 0.1) is 6.92 Å². The molecule has 0 amide bonds. The minimum atomic E-state index is 0.336. The molecule has 1 atom stereocenters. The molecule has 0 bridgehead atoms. The van der Waals surface area contributed by atoms with Crippen LogP contribution in [0.3, 0.4) is 0 Å². The normalized spacial score (nSPS) is 15.5. The number of hydrogen-bond acceptors (Lipinski definition) is 3. The van der Waals surface area contributed by atoms with E-state index in [1.807, 2.05) is 13.0 Å². The van der Waals surface area contributed by atoms with E-state index >= 15 is 0 Å². The average molecular weight is 256 g/mol. The van der Waals surface area contributed by atoms with Crippen LogP contribution in [0.15, 0.2) is 28.8 Å². The topological polar surface area (TPSA) is 38.1 Å². The molecule has 0 spiro atoms. The average Bonchev–Trinajstić information content (AvgIpc) is 3.03. The maximum Gasteiger partial charge on any atom is 0.133 e. The van der Waals surface area contributed by atoms with E-state index in [4.69, 9.17) is 4.52 Å². The van der Waals surface area contributed by atoms with Gasteiger partial charge in [0.15, 0.2) is 0 Å². The summed E-state index contributed by atoms with van der Waals surface area (Å²) in [5.41, 5.74) is 5.39. The molecule has 0 aliphatic heterocycles. The Bertz CT molecular complexity index is 574. The van der Waals surface area contributed by atoms with Crippen LogP contribution in [0.4, 0.5) is 0 Å². The number of aromatic nitrogens is 1. The van der Waals surface area contributed by atoms with Crippen molar-refractivity contribution in [2.45, 2.75) is 45.7 Å². The number of nitrogens with zero attached hydrogens (tertiary/aromatic N) is 1. The molecule has 100 valence electrons. The van der Waals surface area contributed by atoms with E-state index in [0.717, 1.165) is 18.0 Å². The van der Waals surface area contributed by atoms with Crippen LogP contribution in [-0.2, 0) is 19.4 Å². The van der Waals surface area contributed by atoms with Gasteiger partial charge in [0.25, 0.3) is 0 Å². The Balaban J connectivity index is 1.65. The predicted octanol–water partition coefficient (Wildman–Crippen LogP) is 3.32. The Morgan fingerprint density at radius 3 is 2.89 bits per heavy atom. The molecule has 0 radical (unpaired) electrons. The van der Waals surface area contributed by atoms with E-state index in [1.165, 1.54) is 36.0 Å². The summed E-state index contributed by atoms with van der Waals surface area (Å²) in [6.07, 6.45) is 3.78. The number of aryl methyl sites for hydroxylation is 3. The van der Waals surface area contributed by atoms with Gasteiger partial charge in [-0.3, -0.25) is 0 Å². The van der Waals surface area contributed by atoms with E-state index in [0.29, 0.717) is 6.04 Å². The molecule has 3 nitrogen and oxygen atoms in total. The van der Waals surface area contributed by atoms with E-state index < -0.39 is 0 Å². The van der Waals surface area contributed by atoms with Crippen molar-refractivity contribution in [2.75, 3.05) is 0 Å². The lowest BCUT2D eigenvalue weighted by Gasteiger charge is -2.14. The lowest BCUT2D eigenvalue weighted by molar-refractivity contribution is 0.386. The standard InChI is InChI=1S/C16H20N2O/c1-11-8-16(18-19-11)10-17-12(2)14-7-6-13-4-3-5-15(13)9-14/h6-9,12,17H,3-5,10H2,1-2H3. The number of nitrogens with one attached hydrogen (secondary N) is 1. The summed E-state index contributed by atoms with van der Waals surface area (Å²) in [4.78, 5) is 0. The van der Waals surface area contributed by atoms with Crippen molar-refractivity contribution in [1.29, 1.82) is 0 Å². The molecule has 1 aliphatic rings. The highest BCUT2D eigenvalue weighted by atomic mass is 16.5. The van der Waals surface area contributed by atoms with Crippen molar-refractivity contribution >= 4 is 0 Å². The van der Waals surface area contributed by atoms with Crippen LogP contribution in [-0.4, -0.2) is 5.16 Å². The first-order chi connectivity index (χ1) is 9.22. The van der Waals surface area contributed by atoms with E-state index in [9.17, 15) is 0 Å². The molecule has 0 saturated heterocycles. The molecular weight excluding hydrogens is 236 g/mol. The highest BCUT2D eigenvalue weighted by Crippen LogP contribution is 2.25. The summed E-state index contributed by atoms with van der Waals surface area (Å²) in [7, 11) is 0. The lowest BCUT2D eigenvalue weighted by Crippen LogP contribution is -2.18. The van der Waals surface area contributed by atoms with Crippen molar-refractivity contribution in [2.24, 2.45) is 0 Å². The number of benzene rings is 1. The molecule has 1 aromatic carbocycles. The first-order valence-electron chi connectivity index (χ1n) is 6.99. The van der Waals surface area contributed by atoms with Crippen molar-refractivity contribution in [3.05, 3.63) is 52.4 Å². The zero-order chi connectivity index (χ0) is 13.2. The Morgan fingerprint density at radius 2 is 2.11 bits per heavy atom. The molecule has 1 aliphatic carbocycles. The van der Waals surface area contributed by atoms with Crippen LogP contribution in [0.2, 0.25) is 0 Å². The third kappa shape index (κ3) is 2.71. The Hall–Kier alpha value is -1.61. The predicted molar refractivity (Wildman–Crippen MR) is 75.0 cm³/mol. The quantitative estimate of drug-likeness (QED) is 0.912. The zero-order valence-electron chi connectivity index (χ0n) is 11.6. The van der Waals surface area contributed by atoms with Crippen LogP contribution in [0.25, 0.3) is 0 Å². The van der Waals surface area contributed by atoms with Crippen LogP contribution in [0.1, 0.15) is 47.5 Å². The monoisotopic (exact) mass is 256 g/mol. The summed E-state index contributed by atoms with van der Waals surface area (Å²) in [6, 6.07) is 9.20. The fraction of sp³-hybridized carbons (Fsp3) is 0.438. The van der Waals surface area contributed by atoms with Crippen LogP contribution >= 0.6 is 0 Å². The second-order valence-electron chi connectivity index (χ2n) is 5.41. The second kappa shape index (κ2) is 5.17. The Labute approximate surface area is 114 Å². The minimum absolute atomic E-state index is 0.336. The molecule has 3 heteroatoms. The highest BCUT2D eigenvalue weighted by molar-refractivity contribution is 5.36. The summed E-state index contributed by atoms with van der Waals surface area (Å²) >= 11 is 0. The molecule has 3 rings (SSSR count). The first-order valence-corrected chi connectivity index (χ1v) is 6.99. The van der Waals surface area contributed by atoms with Gasteiger partial charge in [-0.25, -0.2) is 0 Å². The zero-order valence-corrected chi connectivity index (χ0v) is 11.6. The minimum Gasteiger partial charge on any atom is -0.361 e. The van der Waals surface area contributed by atoms with Gasteiger partial charge >= 0.3 is 0 Å². The van der Waals surface area contributed by atoms with Gasteiger partial charge in [0.2, 0.25) is 0 Å². The van der Waals surface area contributed by atoms with Gasteiger partial charge < -0.3 is 9.84 Å². The third-order valence-electron chi connectivity index (χ3n) is 3.89. The summed E-state index contributed by atoms with van der Waals surface area (Å²) < 4.78 is 5.07. The molecule has 1 N–H and O–H groups in total. The van der Waals surface area contributed by atoms with Gasteiger partial charge in [0, 0.05) is 18.7 Å². The van der Waals surface area contributed by atoms with Gasteiger partial charge in [0.05, 0.1) is 5.69 Å². The van der Waals surface area contributed by atoms with E-state index in [2.05, 4.69) is 35.6 Å². The maximum absolute atomic E-state index is 5.07. The molecule has 1 aromatic heterocycles. The van der Waals surface area contributed by atoms with Crippen molar-refractivity contribution < 1.29 is 4.52 Å². The number of fused-ring (bicyclic) bond motifs is 1. The van der Waals surface area contributed by atoms with Crippen molar-refractivity contribution in [1.82, 2.24) is 10.5 Å². The van der Waals surface area contributed by atoms with Gasteiger partial charge in [-0.2, -0.15) is 0 Å². The first kappa shape index (κ1) is 12.4. The number of hydrogen-bond donors (Lipinski definition) is 1. The fourth-order valence-corrected chi connectivity index (χ4v) is 2.74. The van der Waals surface area contributed by atoms with Crippen LogP contribution < -0.4 is 5.32 Å². The smallest absolute Gasteiger partial charge is 0.133 e. The highest BCUT2D eigenvalue weighted by Gasteiger charge is 2.13. The number of rotatable bonds is 4. The fourth-order valence-electron chi connectivity index (χ4n) is 2.74. The van der Waals surface area contributed by atoms with E-state index in [1.54, 1.807) is 0 Å². The second-order valence-corrected chi connectivity index (χ2v) is 5.41. The van der Waals surface area contributed by atoms with Gasteiger partial charge in [0.1, 0.15) is 5.76 Å². The Morgan fingerprint density at radius 1 is 1.26 bits per heavy atom. The molecule has 19 heavy (non-hydrogen) atoms. The summed E-state index contributed by atoms with van der Waals surface area (Å²) in [5, 5.41) is 7.50. The SMILES string of the molecule is Cc1cc(CNC(C)c2ccc3c(c2)CCC3)no1. The van der Waals surface area contributed by atoms with E-state index in [-0.39, 0.29) is 0 Å². The lowest BCUT2D eigenvalue weighted by atomic mass is 10.0. The molecular formula is C16H20N2O. The Kier molecular flexibility index (Phi) is 3.38. The van der Waals surface area contributed by atoms with Crippen molar-refractivity contribution in [3.63, 3.8) is 0 Å². The van der Waals surface area contributed by atoms with Gasteiger partial charge in [-0.15, -0.1) is 0 Å². The summed E-state index contributed by atoms with van der Waals surface area (Å²) in [5.74, 6) is 0.863. The maximum atomic E-state index is 5.07.